The first-order valence-corrected chi connectivity index (χ1v) is 6.90. The number of imidazole rings is 1. The molecule has 0 aliphatic heterocycles. The van der Waals surface area contributed by atoms with Gasteiger partial charge in [0.05, 0.1) is 17.0 Å². The zero-order chi connectivity index (χ0) is 14.8. The van der Waals surface area contributed by atoms with Gasteiger partial charge in [0.2, 0.25) is 0 Å². The normalized spacial score (nSPS) is 11.2. The van der Waals surface area contributed by atoms with Crippen LogP contribution in [0.25, 0.3) is 5.65 Å². The van der Waals surface area contributed by atoms with E-state index >= 15 is 0 Å². The second-order valence-corrected chi connectivity index (χ2v) is 4.97. The van der Waals surface area contributed by atoms with Gasteiger partial charge in [0.1, 0.15) is 12.4 Å². The Morgan fingerprint density at radius 2 is 2.24 bits per heavy atom. The van der Waals surface area contributed by atoms with Gasteiger partial charge in [-0.1, -0.05) is 5.16 Å². The SMILES string of the molecule is Cc1noc(C)c1COc1cccn2cc(CCN)nc12. The van der Waals surface area contributed by atoms with Crippen molar-refractivity contribution >= 4 is 5.65 Å². The molecule has 3 heterocycles. The van der Waals surface area contributed by atoms with Crippen molar-refractivity contribution in [2.24, 2.45) is 5.73 Å². The van der Waals surface area contributed by atoms with E-state index in [0.717, 1.165) is 40.5 Å². The van der Waals surface area contributed by atoms with Gasteiger partial charge in [-0.2, -0.15) is 0 Å². The maximum atomic E-state index is 5.90. The highest BCUT2D eigenvalue weighted by Gasteiger charge is 2.12. The molecular weight excluding hydrogens is 268 g/mol. The molecule has 0 saturated heterocycles. The van der Waals surface area contributed by atoms with Gasteiger partial charge in [-0.15, -0.1) is 0 Å². The molecule has 0 aromatic carbocycles. The molecule has 0 saturated carbocycles. The number of rotatable bonds is 5. The number of aromatic nitrogens is 3. The van der Waals surface area contributed by atoms with Crippen molar-refractivity contribution in [3.63, 3.8) is 0 Å². The summed E-state index contributed by atoms with van der Waals surface area (Å²) < 4.78 is 13.0. The van der Waals surface area contributed by atoms with E-state index < -0.39 is 0 Å². The zero-order valence-electron chi connectivity index (χ0n) is 12.2. The predicted octanol–water partition coefficient (Wildman–Crippen LogP) is 2.02. The van der Waals surface area contributed by atoms with Gasteiger partial charge in [0, 0.05) is 18.8 Å². The summed E-state index contributed by atoms with van der Waals surface area (Å²) in [5, 5.41) is 3.93. The summed E-state index contributed by atoms with van der Waals surface area (Å²) in [6.07, 6.45) is 4.68. The Morgan fingerprint density at radius 3 is 2.95 bits per heavy atom. The van der Waals surface area contributed by atoms with E-state index in [9.17, 15) is 0 Å². The summed E-state index contributed by atoms with van der Waals surface area (Å²) in [7, 11) is 0. The highest BCUT2D eigenvalue weighted by molar-refractivity contribution is 5.54. The first kappa shape index (κ1) is 13.6. The van der Waals surface area contributed by atoms with Crippen molar-refractivity contribution in [2.45, 2.75) is 26.9 Å². The van der Waals surface area contributed by atoms with Crippen LogP contribution in [0.2, 0.25) is 0 Å². The van der Waals surface area contributed by atoms with E-state index in [-0.39, 0.29) is 0 Å². The maximum absolute atomic E-state index is 5.90. The highest BCUT2D eigenvalue weighted by atomic mass is 16.5. The lowest BCUT2D eigenvalue weighted by atomic mass is 10.2. The lowest BCUT2D eigenvalue weighted by Crippen LogP contribution is -2.02. The van der Waals surface area contributed by atoms with Crippen molar-refractivity contribution in [1.29, 1.82) is 0 Å². The third-order valence-corrected chi connectivity index (χ3v) is 3.45. The monoisotopic (exact) mass is 286 g/mol. The smallest absolute Gasteiger partial charge is 0.179 e. The fraction of sp³-hybridized carbons (Fsp3) is 0.333. The molecule has 0 radical (unpaired) electrons. The third kappa shape index (κ3) is 2.62. The predicted molar refractivity (Wildman–Crippen MR) is 78.3 cm³/mol. The molecule has 0 atom stereocenters. The average molecular weight is 286 g/mol. The number of hydrogen-bond donors (Lipinski definition) is 1. The minimum absolute atomic E-state index is 0.417. The Kier molecular flexibility index (Phi) is 3.62. The van der Waals surface area contributed by atoms with E-state index in [1.807, 2.05) is 42.8 Å². The van der Waals surface area contributed by atoms with Crippen molar-refractivity contribution in [3.8, 4) is 5.75 Å². The number of ether oxygens (including phenoxy) is 1. The van der Waals surface area contributed by atoms with E-state index in [2.05, 4.69) is 10.1 Å². The van der Waals surface area contributed by atoms with E-state index in [4.69, 9.17) is 15.0 Å². The second-order valence-electron chi connectivity index (χ2n) is 4.97. The van der Waals surface area contributed by atoms with Gasteiger partial charge < -0.3 is 19.4 Å². The summed E-state index contributed by atoms with van der Waals surface area (Å²) in [5.74, 6) is 1.52. The average Bonchev–Trinajstić information content (AvgIpc) is 3.01. The summed E-state index contributed by atoms with van der Waals surface area (Å²) in [6.45, 7) is 4.79. The molecule has 3 aromatic rings. The first-order valence-electron chi connectivity index (χ1n) is 6.90. The van der Waals surface area contributed by atoms with Crippen molar-refractivity contribution in [2.75, 3.05) is 6.54 Å². The van der Waals surface area contributed by atoms with E-state index in [1.54, 1.807) is 0 Å². The molecule has 21 heavy (non-hydrogen) atoms. The van der Waals surface area contributed by atoms with E-state index in [0.29, 0.717) is 13.2 Å². The Balaban J connectivity index is 1.86. The van der Waals surface area contributed by atoms with Gasteiger partial charge in [-0.05, 0) is 32.5 Å². The Hall–Kier alpha value is -2.34. The Labute approximate surface area is 122 Å². The van der Waals surface area contributed by atoms with Gasteiger partial charge in [0.15, 0.2) is 11.4 Å². The second kappa shape index (κ2) is 5.57. The number of pyridine rings is 1. The molecule has 0 fully saturated rings. The summed E-state index contributed by atoms with van der Waals surface area (Å²) in [4.78, 5) is 4.57. The Morgan fingerprint density at radius 1 is 1.38 bits per heavy atom. The van der Waals surface area contributed by atoms with Crippen molar-refractivity contribution in [3.05, 3.63) is 47.2 Å². The largest absolute Gasteiger partial charge is 0.485 e. The van der Waals surface area contributed by atoms with Gasteiger partial charge in [0.25, 0.3) is 0 Å². The quantitative estimate of drug-likeness (QED) is 0.776. The summed E-state index contributed by atoms with van der Waals surface area (Å²) in [6, 6.07) is 3.84. The lowest BCUT2D eigenvalue weighted by Gasteiger charge is -2.06. The number of nitrogens with zero attached hydrogens (tertiary/aromatic N) is 3. The number of hydrogen-bond acceptors (Lipinski definition) is 5. The molecule has 0 unspecified atom stereocenters. The van der Waals surface area contributed by atoms with Gasteiger partial charge >= 0.3 is 0 Å². The van der Waals surface area contributed by atoms with E-state index in [1.165, 1.54) is 0 Å². The van der Waals surface area contributed by atoms with Crippen LogP contribution in [0, 0.1) is 13.8 Å². The standard InChI is InChI=1S/C15H18N4O2/c1-10-13(11(2)21-18-10)9-20-14-4-3-7-19-8-12(5-6-16)17-15(14)19/h3-4,7-8H,5-6,9,16H2,1-2H3. The first-order chi connectivity index (χ1) is 10.2. The Bertz CT molecular complexity index is 741. The van der Waals surface area contributed by atoms with Crippen molar-refractivity contribution in [1.82, 2.24) is 14.5 Å². The lowest BCUT2D eigenvalue weighted by molar-refractivity contribution is 0.303. The zero-order valence-corrected chi connectivity index (χ0v) is 12.2. The molecule has 0 aliphatic rings. The van der Waals surface area contributed by atoms with Crippen molar-refractivity contribution < 1.29 is 9.26 Å². The fourth-order valence-corrected chi connectivity index (χ4v) is 2.28. The molecule has 0 spiro atoms. The van der Waals surface area contributed by atoms with Crippen LogP contribution in [0.1, 0.15) is 22.7 Å². The molecule has 3 rings (SSSR count). The van der Waals surface area contributed by atoms with Gasteiger partial charge in [-0.25, -0.2) is 4.98 Å². The minimum Gasteiger partial charge on any atom is -0.485 e. The molecule has 0 amide bonds. The van der Waals surface area contributed by atoms with Crippen LogP contribution < -0.4 is 10.5 Å². The molecule has 6 nitrogen and oxygen atoms in total. The maximum Gasteiger partial charge on any atom is 0.179 e. The van der Waals surface area contributed by atoms with Crippen LogP contribution in [0.15, 0.2) is 29.0 Å². The minimum atomic E-state index is 0.417. The van der Waals surface area contributed by atoms with Crippen LogP contribution in [-0.4, -0.2) is 21.1 Å². The topological polar surface area (TPSA) is 78.6 Å². The third-order valence-electron chi connectivity index (χ3n) is 3.45. The van der Waals surface area contributed by atoms with Gasteiger partial charge in [-0.3, -0.25) is 0 Å². The summed E-state index contributed by atoms with van der Waals surface area (Å²) in [5.41, 5.74) is 9.17. The molecular formula is C15H18N4O2. The van der Waals surface area contributed by atoms with Crippen LogP contribution in [0.5, 0.6) is 5.75 Å². The molecule has 110 valence electrons. The highest BCUT2D eigenvalue weighted by Crippen LogP contribution is 2.22. The van der Waals surface area contributed by atoms with Crippen LogP contribution in [0.3, 0.4) is 0 Å². The number of aryl methyl sites for hydroxylation is 2. The molecule has 0 bridgehead atoms. The number of nitrogens with two attached hydrogens (primary N) is 1. The van der Waals surface area contributed by atoms with Crippen LogP contribution in [-0.2, 0) is 13.0 Å². The van der Waals surface area contributed by atoms with Crippen LogP contribution >= 0.6 is 0 Å². The molecule has 6 heteroatoms. The molecule has 2 N–H and O–H groups in total. The summed E-state index contributed by atoms with van der Waals surface area (Å²) >= 11 is 0. The van der Waals surface area contributed by atoms with Crippen LogP contribution in [0.4, 0.5) is 0 Å². The fourth-order valence-electron chi connectivity index (χ4n) is 2.28. The number of fused-ring (bicyclic) bond motifs is 1. The molecule has 3 aromatic heterocycles. The molecule has 0 aliphatic carbocycles.